The molecule has 1 heterocycles. The van der Waals surface area contributed by atoms with Crippen molar-refractivity contribution in [2.75, 3.05) is 18.0 Å². The number of halogens is 1. The van der Waals surface area contributed by atoms with E-state index in [0.29, 0.717) is 11.1 Å². The maximum absolute atomic E-state index is 13.1. The molecule has 1 fully saturated rings. The molecule has 1 atom stereocenters. The molecule has 1 aliphatic heterocycles. The molecule has 0 bridgehead atoms. The third-order valence-corrected chi connectivity index (χ3v) is 6.07. The maximum Gasteiger partial charge on any atom is 0.253 e. The number of hydrogen-bond acceptors (Lipinski definition) is 3. The zero-order chi connectivity index (χ0) is 23.2. The molecule has 1 saturated heterocycles. The molecule has 170 valence electrons. The normalized spacial score (nSPS) is 15.0. The van der Waals surface area contributed by atoms with Crippen LogP contribution in [0.1, 0.15) is 52.1 Å². The smallest absolute Gasteiger partial charge is 0.253 e. The molecule has 0 aromatic heterocycles. The zero-order valence-electron chi connectivity index (χ0n) is 18.6. The molecule has 4 rings (SSSR count). The summed E-state index contributed by atoms with van der Waals surface area (Å²) in [6.45, 7) is 3.44. The van der Waals surface area contributed by atoms with Gasteiger partial charge in [0.25, 0.3) is 11.8 Å². The minimum Gasteiger partial charge on any atom is -0.371 e. The number of benzene rings is 3. The van der Waals surface area contributed by atoms with Gasteiger partial charge in [-0.3, -0.25) is 9.59 Å². The van der Waals surface area contributed by atoms with Crippen LogP contribution in [0.3, 0.4) is 0 Å². The molecular weight excluding hydrogens is 417 g/mol. The van der Waals surface area contributed by atoms with E-state index in [1.54, 1.807) is 0 Å². The molecule has 2 N–H and O–H groups in total. The second-order valence-corrected chi connectivity index (χ2v) is 8.36. The summed E-state index contributed by atoms with van der Waals surface area (Å²) in [6, 6.07) is 23.0. The molecule has 0 unspecified atom stereocenters. The highest BCUT2D eigenvalue weighted by atomic mass is 19.1. The van der Waals surface area contributed by atoms with Gasteiger partial charge in [-0.1, -0.05) is 42.5 Å². The van der Waals surface area contributed by atoms with Crippen LogP contribution in [0.15, 0.2) is 78.9 Å². The highest BCUT2D eigenvalue weighted by molar-refractivity contribution is 6.00. The number of nitrogens with one attached hydrogen (secondary N) is 2. The van der Waals surface area contributed by atoms with Crippen LogP contribution in [0.25, 0.3) is 0 Å². The Balaban J connectivity index is 1.37. The molecule has 1 aliphatic rings. The molecule has 5 nitrogen and oxygen atoms in total. The highest BCUT2D eigenvalue weighted by Gasteiger charge is 2.24. The van der Waals surface area contributed by atoms with Crippen LogP contribution in [0.5, 0.6) is 0 Å². The summed E-state index contributed by atoms with van der Waals surface area (Å²) in [5.74, 6) is -0.655. The molecule has 0 spiro atoms. The van der Waals surface area contributed by atoms with Gasteiger partial charge in [-0.25, -0.2) is 4.39 Å². The quantitative estimate of drug-likeness (QED) is 0.577. The first kappa shape index (κ1) is 22.5. The van der Waals surface area contributed by atoms with E-state index in [-0.39, 0.29) is 29.7 Å². The van der Waals surface area contributed by atoms with Crippen molar-refractivity contribution in [2.24, 2.45) is 0 Å². The van der Waals surface area contributed by atoms with E-state index in [1.807, 2.05) is 61.5 Å². The lowest BCUT2D eigenvalue weighted by molar-refractivity contribution is 0.0928. The third kappa shape index (κ3) is 5.58. The minimum atomic E-state index is -0.360. The lowest BCUT2D eigenvalue weighted by Gasteiger charge is -2.35. The minimum absolute atomic E-state index is 0.0397. The van der Waals surface area contributed by atoms with Gasteiger partial charge in [0, 0.05) is 30.4 Å². The van der Waals surface area contributed by atoms with Crippen LogP contribution in [0, 0.1) is 5.82 Å². The van der Waals surface area contributed by atoms with Gasteiger partial charge in [-0.2, -0.15) is 0 Å². The van der Waals surface area contributed by atoms with Crippen LogP contribution < -0.4 is 15.5 Å². The average Bonchev–Trinajstić information content (AvgIpc) is 2.85. The first-order valence-corrected chi connectivity index (χ1v) is 11.3. The number of carbonyl (C=O) groups is 2. The summed E-state index contributed by atoms with van der Waals surface area (Å²) < 4.78 is 13.1. The summed E-state index contributed by atoms with van der Waals surface area (Å²) >= 11 is 0. The van der Waals surface area contributed by atoms with Crippen molar-refractivity contribution in [3.05, 3.63) is 101 Å². The predicted molar refractivity (Wildman–Crippen MR) is 128 cm³/mol. The Morgan fingerprint density at radius 3 is 2.21 bits per heavy atom. The largest absolute Gasteiger partial charge is 0.371 e. The predicted octanol–water partition coefficient (Wildman–Crippen LogP) is 4.72. The molecule has 3 aromatic carbocycles. The van der Waals surface area contributed by atoms with E-state index in [1.165, 1.54) is 24.3 Å². The van der Waals surface area contributed by atoms with Gasteiger partial charge in [0.1, 0.15) is 5.82 Å². The van der Waals surface area contributed by atoms with Crippen molar-refractivity contribution in [2.45, 2.75) is 31.8 Å². The summed E-state index contributed by atoms with van der Waals surface area (Å²) in [5.41, 5.74) is 3.06. The number of para-hydroxylation sites is 1. The number of anilines is 1. The molecule has 33 heavy (non-hydrogen) atoms. The zero-order valence-corrected chi connectivity index (χ0v) is 18.6. The average molecular weight is 446 g/mol. The van der Waals surface area contributed by atoms with Gasteiger partial charge in [0.05, 0.1) is 11.6 Å². The van der Waals surface area contributed by atoms with E-state index >= 15 is 0 Å². The van der Waals surface area contributed by atoms with Crippen LogP contribution >= 0.6 is 0 Å². The van der Waals surface area contributed by atoms with Crippen LogP contribution in [0.4, 0.5) is 10.1 Å². The van der Waals surface area contributed by atoms with Gasteiger partial charge in [-0.15, -0.1) is 0 Å². The number of hydrogen-bond donors (Lipinski definition) is 2. The van der Waals surface area contributed by atoms with Crippen LogP contribution in [-0.2, 0) is 0 Å². The van der Waals surface area contributed by atoms with E-state index in [2.05, 4.69) is 15.5 Å². The second kappa shape index (κ2) is 10.3. The SMILES string of the molecule is C[C@@H](NC(=O)c1ccccc1N1CCC(NC(=O)c2ccc(F)cc2)CC1)c1ccccc1. The van der Waals surface area contributed by atoms with E-state index in [4.69, 9.17) is 0 Å². The topological polar surface area (TPSA) is 61.4 Å². The van der Waals surface area contributed by atoms with E-state index < -0.39 is 0 Å². The molecule has 0 radical (unpaired) electrons. The standard InChI is InChI=1S/C27H28FN3O2/c1-19(20-7-3-2-4-8-20)29-27(33)24-9-5-6-10-25(24)31-17-15-23(16-18-31)30-26(32)21-11-13-22(28)14-12-21/h2-14,19,23H,15-18H2,1H3,(H,29,33)(H,30,32)/t19-/m1/s1. The lowest BCUT2D eigenvalue weighted by atomic mass is 10.0. The molecular formula is C27H28FN3O2. The van der Waals surface area contributed by atoms with Crippen molar-refractivity contribution in [1.29, 1.82) is 0 Å². The summed E-state index contributed by atoms with van der Waals surface area (Å²) in [7, 11) is 0. The third-order valence-electron chi connectivity index (χ3n) is 6.07. The first-order valence-electron chi connectivity index (χ1n) is 11.3. The first-order chi connectivity index (χ1) is 16.0. The Hall–Kier alpha value is -3.67. The fraction of sp³-hybridized carbons (Fsp3) is 0.259. The monoisotopic (exact) mass is 445 g/mol. The van der Waals surface area contributed by atoms with Gasteiger partial charge in [0.2, 0.25) is 0 Å². The fourth-order valence-electron chi connectivity index (χ4n) is 4.18. The molecule has 0 saturated carbocycles. The van der Waals surface area contributed by atoms with E-state index in [9.17, 15) is 14.0 Å². The van der Waals surface area contributed by atoms with Gasteiger partial charge >= 0.3 is 0 Å². The van der Waals surface area contributed by atoms with Crippen LogP contribution in [0.2, 0.25) is 0 Å². The summed E-state index contributed by atoms with van der Waals surface area (Å²) in [6.07, 6.45) is 1.53. The Bertz CT molecular complexity index is 1090. The van der Waals surface area contributed by atoms with Crippen molar-refractivity contribution >= 4 is 17.5 Å². The Labute approximate surface area is 193 Å². The molecule has 2 amide bonds. The Morgan fingerprint density at radius 2 is 1.52 bits per heavy atom. The van der Waals surface area contributed by atoms with Gasteiger partial charge in [-0.05, 0) is 61.7 Å². The number of amides is 2. The van der Waals surface area contributed by atoms with Crippen molar-refractivity contribution in [3.63, 3.8) is 0 Å². The number of rotatable bonds is 6. The Kier molecular flexibility index (Phi) is 7.03. The maximum atomic E-state index is 13.1. The number of piperidine rings is 1. The van der Waals surface area contributed by atoms with Crippen LogP contribution in [-0.4, -0.2) is 30.9 Å². The van der Waals surface area contributed by atoms with Crippen molar-refractivity contribution < 1.29 is 14.0 Å². The number of carbonyl (C=O) groups excluding carboxylic acids is 2. The summed E-state index contributed by atoms with van der Waals surface area (Å²) in [5, 5.41) is 6.14. The molecule has 0 aliphatic carbocycles. The van der Waals surface area contributed by atoms with Gasteiger partial charge < -0.3 is 15.5 Å². The highest BCUT2D eigenvalue weighted by Crippen LogP contribution is 2.25. The van der Waals surface area contributed by atoms with Crippen molar-refractivity contribution in [3.8, 4) is 0 Å². The van der Waals surface area contributed by atoms with E-state index in [0.717, 1.165) is 37.2 Å². The second-order valence-electron chi connectivity index (χ2n) is 8.36. The fourth-order valence-corrected chi connectivity index (χ4v) is 4.18. The lowest BCUT2D eigenvalue weighted by Crippen LogP contribution is -2.45. The number of nitrogens with zero attached hydrogens (tertiary/aromatic N) is 1. The Morgan fingerprint density at radius 1 is 0.879 bits per heavy atom. The molecule has 6 heteroatoms. The van der Waals surface area contributed by atoms with Crippen molar-refractivity contribution in [1.82, 2.24) is 10.6 Å². The molecule has 3 aromatic rings. The van der Waals surface area contributed by atoms with Gasteiger partial charge in [0.15, 0.2) is 0 Å². The summed E-state index contributed by atoms with van der Waals surface area (Å²) in [4.78, 5) is 27.7.